The van der Waals surface area contributed by atoms with E-state index in [0.717, 1.165) is 30.8 Å². The summed E-state index contributed by atoms with van der Waals surface area (Å²) in [6.45, 7) is 3.16. The second kappa shape index (κ2) is 6.68. The molecule has 2 rings (SSSR count). The Balaban J connectivity index is 2.19. The highest BCUT2D eigenvalue weighted by atomic mass is 35.5. The Morgan fingerprint density at radius 2 is 2.26 bits per heavy atom. The largest absolute Gasteiger partial charge is 0.335 e. The standard InChI is InChI=1S/C14H19ClN4/c1-3-7-19-8-6-18-14(19)9-13(16-2)11-4-5-17-10-12(11)15/h4-6,8,10,13,16H,3,7,9H2,1-2H3. The molecule has 19 heavy (non-hydrogen) atoms. The SMILES string of the molecule is CCCn1ccnc1CC(NC)c1ccncc1Cl. The van der Waals surface area contributed by atoms with Gasteiger partial charge in [-0.2, -0.15) is 0 Å². The maximum atomic E-state index is 6.21. The third-order valence-corrected chi connectivity index (χ3v) is 3.50. The van der Waals surface area contributed by atoms with E-state index in [9.17, 15) is 0 Å². The average Bonchev–Trinajstić information content (AvgIpc) is 2.85. The van der Waals surface area contributed by atoms with E-state index in [1.165, 1.54) is 0 Å². The van der Waals surface area contributed by atoms with Crippen LogP contribution < -0.4 is 5.32 Å². The number of likely N-dealkylation sites (N-methyl/N-ethyl adjacent to an activating group) is 1. The average molecular weight is 279 g/mol. The monoisotopic (exact) mass is 278 g/mol. The van der Waals surface area contributed by atoms with Crippen molar-refractivity contribution in [2.24, 2.45) is 0 Å². The van der Waals surface area contributed by atoms with Crippen LogP contribution in [0.25, 0.3) is 0 Å². The first-order chi connectivity index (χ1) is 9.26. The zero-order valence-electron chi connectivity index (χ0n) is 11.3. The predicted molar refractivity (Wildman–Crippen MR) is 77.3 cm³/mol. The van der Waals surface area contributed by atoms with E-state index in [1.54, 1.807) is 12.4 Å². The van der Waals surface area contributed by atoms with E-state index in [2.05, 4.69) is 26.8 Å². The van der Waals surface area contributed by atoms with Crippen LogP contribution in [-0.2, 0) is 13.0 Å². The fourth-order valence-electron chi connectivity index (χ4n) is 2.19. The molecule has 0 aliphatic rings. The van der Waals surface area contributed by atoms with Gasteiger partial charge in [0.25, 0.3) is 0 Å². The van der Waals surface area contributed by atoms with Gasteiger partial charge in [-0.3, -0.25) is 4.98 Å². The van der Waals surface area contributed by atoms with Crippen LogP contribution in [0, 0.1) is 0 Å². The van der Waals surface area contributed by atoms with Gasteiger partial charge >= 0.3 is 0 Å². The third kappa shape index (κ3) is 3.33. The van der Waals surface area contributed by atoms with Crippen molar-refractivity contribution in [1.29, 1.82) is 0 Å². The Kier molecular flexibility index (Phi) is 4.93. The first-order valence-electron chi connectivity index (χ1n) is 6.53. The van der Waals surface area contributed by atoms with E-state index in [0.29, 0.717) is 5.02 Å². The number of halogens is 1. The molecule has 1 N–H and O–H groups in total. The first-order valence-corrected chi connectivity index (χ1v) is 6.90. The van der Waals surface area contributed by atoms with Gasteiger partial charge in [0, 0.05) is 43.8 Å². The lowest BCUT2D eigenvalue weighted by molar-refractivity contribution is 0.543. The number of nitrogens with zero attached hydrogens (tertiary/aromatic N) is 3. The van der Waals surface area contributed by atoms with E-state index >= 15 is 0 Å². The summed E-state index contributed by atoms with van der Waals surface area (Å²) in [4.78, 5) is 8.47. The summed E-state index contributed by atoms with van der Waals surface area (Å²) in [6, 6.07) is 2.10. The molecular weight excluding hydrogens is 260 g/mol. The van der Waals surface area contributed by atoms with Gasteiger partial charge in [0.2, 0.25) is 0 Å². The molecule has 2 heterocycles. The van der Waals surface area contributed by atoms with Crippen molar-refractivity contribution < 1.29 is 0 Å². The maximum Gasteiger partial charge on any atom is 0.110 e. The number of aromatic nitrogens is 3. The highest BCUT2D eigenvalue weighted by molar-refractivity contribution is 6.31. The Morgan fingerprint density at radius 3 is 2.95 bits per heavy atom. The van der Waals surface area contributed by atoms with Crippen molar-refractivity contribution in [2.75, 3.05) is 7.05 Å². The van der Waals surface area contributed by atoms with Crippen LogP contribution in [0.5, 0.6) is 0 Å². The third-order valence-electron chi connectivity index (χ3n) is 3.18. The van der Waals surface area contributed by atoms with Crippen LogP contribution in [0.15, 0.2) is 30.9 Å². The molecular formula is C14H19ClN4. The summed E-state index contributed by atoms with van der Waals surface area (Å²) in [5.41, 5.74) is 1.06. The minimum absolute atomic E-state index is 0.147. The topological polar surface area (TPSA) is 42.7 Å². The normalized spacial score (nSPS) is 12.6. The molecule has 0 radical (unpaired) electrons. The molecule has 5 heteroatoms. The number of rotatable bonds is 6. The number of hydrogen-bond donors (Lipinski definition) is 1. The highest BCUT2D eigenvalue weighted by Crippen LogP contribution is 2.24. The fourth-order valence-corrected chi connectivity index (χ4v) is 2.44. The van der Waals surface area contributed by atoms with Gasteiger partial charge in [-0.15, -0.1) is 0 Å². The molecule has 1 unspecified atom stereocenters. The van der Waals surface area contributed by atoms with E-state index in [-0.39, 0.29) is 6.04 Å². The summed E-state index contributed by atoms with van der Waals surface area (Å²) in [5, 5.41) is 3.99. The zero-order chi connectivity index (χ0) is 13.7. The van der Waals surface area contributed by atoms with Gasteiger partial charge < -0.3 is 9.88 Å². The van der Waals surface area contributed by atoms with Crippen LogP contribution in [0.2, 0.25) is 5.02 Å². The van der Waals surface area contributed by atoms with Gasteiger partial charge in [0.1, 0.15) is 5.82 Å². The number of nitrogens with one attached hydrogen (secondary N) is 1. The smallest absolute Gasteiger partial charge is 0.110 e. The van der Waals surface area contributed by atoms with Gasteiger partial charge in [-0.25, -0.2) is 4.98 Å². The van der Waals surface area contributed by atoms with Crippen molar-refractivity contribution in [3.63, 3.8) is 0 Å². The van der Waals surface area contributed by atoms with Gasteiger partial charge in [0.15, 0.2) is 0 Å². The molecule has 0 saturated carbocycles. The Hall–Kier alpha value is -1.39. The Bertz CT molecular complexity index is 524. The lowest BCUT2D eigenvalue weighted by Gasteiger charge is -2.18. The molecule has 0 aromatic carbocycles. The molecule has 2 aromatic heterocycles. The van der Waals surface area contributed by atoms with Crippen LogP contribution in [0.4, 0.5) is 0 Å². The van der Waals surface area contributed by atoms with Crippen LogP contribution in [-0.4, -0.2) is 21.6 Å². The summed E-state index contributed by atoms with van der Waals surface area (Å²) in [5.74, 6) is 1.08. The minimum Gasteiger partial charge on any atom is -0.335 e. The second-order valence-corrected chi connectivity index (χ2v) is 4.89. The number of aryl methyl sites for hydroxylation is 1. The van der Waals surface area contributed by atoms with Crippen molar-refractivity contribution >= 4 is 11.6 Å². The van der Waals surface area contributed by atoms with Gasteiger partial charge in [0.05, 0.1) is 5.02 Å². The van der Waals surface area contributed by atoms with Crippen LogP contribution >= 0.6 is 11.6 Å². The molecule has 0 fully saturated rings. The maximum absolute atomic E-state index is 6.21. The molecule has 2 aromatic rings. The summed E-state index contributed by atoms with van der Waals surface area (Å²) in [6.07, 6.45) is 9.24. The second-order valence-electron chi connectivity index (χ2n) is 4.48. The molecule has 1 atom stereocenters. The van der Waals surface area contributed by atoms with Gasteiger partial charge in [-0.1, -0.05) is 18.5 Å². The molecule has 0 bridgehead atoms. The van der Waals surface area contributed by atoms with E-state index < -0.39 is 0 Å². The molecule has 0 saturated heterocycles. The molecule has 102 valence electrons. The summed E-state index contributed by atoms with van der Waals surface area (Å²) >= 11 is 6.21. The minimum atomic E-state index is 0.147. The van der Waals surface area contributed by atoms with Crippen LogP contribution in [0.3, 0.4) is 0 Å². The quantitative estimate of drug-likeness (QED) is 0.884. The molecule has 0 aliphatic heterocycles. The van der Waals surface area contributed by atoms with Crippen molar-refractivity contribution in [1.82, 2.24) is 19.9 Å². The van der Waals surface area contributed by atoms with Crippen molar-refractivity contribution in [3.05, 3.63) is 47.3 Å². The lowest BCUT2D eigenvalue weighted by Crippen LogP contribution is -2.21. The first kappa shape index (κ1) is 14.0. The van der Waals surface area contributed by atoms with Crippen LogP contribution in [0.1, 0.15) is 30.8 Å². The number of hydrogen-bond acceptors (Lipinski definition) is 3. The van der Waals surface area contributed by atoms with E-state index in [1.807, 2.05) is 25.5 Å². The summed E-state index contributed by atoms with van der Waals surface area (Å²) in [7, 11) is 1.94. The van der Waals surface area contributed by atoms with E-state index in [4.69, 9.17) is 11.6 Å². The van der Waals surface area contributed by atoms with Gasteiger partial charge in [-0.05, 0) is 25.1 Å². The number of pyridine rings is 1. The summed E-state index contributed by atoms with van der Waals surface area (Å²) < 4.78 is 2.19. The van der Waals surface area contributed by atoms with Crippen molar-refractivity contribution in [2.45, 2.75) is 32.4 Å². The predicted octanol–water partition coefficient (Wildman–Crippen LogP) is 2.84. The van der Waals surface area contributed by atoms with Crippen molar-refractivity contribution in [3.8, 4) is 0 Å². The zero-order valence-corrected chi connectivity index (χ0v) is 12.1. The lowest BCUT2D eigenvalue weighted by atomic mass is 10.0. The Morgan fingerprint density at radius 1 is 1.42 bits per heavy atom. The number of imidazole rings is 1. The molecule has 4 nitrogen and oxygen atoms in total. The highest BCUT2D eigenvalue weighted by Gasteiger charge is 2.16. The molecule has 0 aliphatic carbocycles. The fraction of sp³-hybridized carbons (Fsp3) is 0.429. The Labute approximate surface area is 118 Å². The molecule has 0 spiro atoms. The molecule has 0 amide bonds.